The maximum Gasteiger partial charge on any atom is 0.269 e. The first-order valence-electron chi connectivity index (χ1n) is 5.84. The number of ether oxygens (including phenoxy) is 1. The molecule has 0 heterocycles. The molecule has 92 valence electrons. The molecule has 1 aliphatic rings. The van der Waals surface area contributed by atoms with Gasteiger partial charge in [-0.1, -0.05) is 18.6 Å². The Morgan fingerprint density at radius 3 is 2.65 bits per heavy atom. The maximum atomic E-state index is 10.5. The SMILES string of the molecule is O=[N+]([O-])Sc1ccccc1OC1CCCCC1. The van der Waals surface area contributed by atoms with E-state index in [2.05, 4.69) is 0 Å². The average Bonchev–Trinajstić information content (AvgIpc) is 2.32. The Bertz CT molecular complexity index is 391. The van der Waals surface area contributed by atoms with Crippen molar-refractivity contribution in [1.82, 2.24) is 0 Å². The zero-order valence-electron chi connectivity index (χ0n) is 9.50. The summed E-state index contributed by atoms with van der Waals surface area (Å²) in [7, 11) is 0. The molecule has 1 saturated carbocycles. The first-order chi connectivity index (χ1) is 8.25. The zero-order valence-corrected chi connectivity index (χ0v) is 10.3. The Morgan fingerprint density at radius 1 is 1.24 bits per heavy atom. The first-order valence-corrected chi connectivity index (χ1v) is 6.61. The summed E-state index contributed by atoms with van der Waals surface area (Å²) in [6.07, 6.45) is 5.97. The molecule has 2 rings (SSSR count). The number of benzene rings is 1. The maximum absolute atomic E-state index is 10.5. The van der Waals surface area contributed by atoms with Gasteiger partial charge in [-0.2, -0.15) is 0 Å². The molecule has 0 spiro atoms. The topological polar surface area (TPSA) is 52.4 Å². The lowest BCUT2D eigenvalue weighted by atomic mass is 9.98. The zero-order chi connectivity index (χ0) is 12.1. The lowest BCUT2D eigenvalue weighted by Crippen LogP contribution is -2.19. The van der Waals surface area contributed by atoms with Crippen molar-refractivity contribution in [2.75, 3.05) is 0 Å². The normalized spacial score (nSPS) is 16.7. The Hall–Kier alpha value is -1.23. The summed E-state index contributed by atoms with van der Waals surface area (Å²) in [5.74, 6) is 0.640. The van der Waals surface area contributed by atoms with Crippen molar-refractivity contribution in [1.29, 1.82) is 0 Å². The van der Waals surface area contributed by atoms with E-state index in [9.17, 15) is 10.1 Å². The molecule has 1 aromatic rings. The highest BCUT2D eigenvalue weighted by atomic mass is 32.2. The van der Waals surface area contributed by atoms with E-state index in [1.54, 1.807) is 18.2 Å². The largest absolute Gasteiger partial charge is 0.489 e. The minimum Gasteiger partial charge on any atom is -0.489 e. The van der Waals surface area contributed by atoms with Crippen LogP contribution < -0.4 is 4.74 Å². The van der Waals surface area contributed by atoms with Gasteiger partial charge in [-0.05, 0) is 37.8 Å². The van der Waals surface area contributed by atoms with Crippen molar-refractivity contribution in [2.45, 2.75) is 43.1 Å². The van der Waals surface area contributed by atoms with Gasteiger partial charge in [0, 0.05) is 0 Å². The van der Waals surface area contributed by atoms with Gasteiger partial charge in [0.05, 0.1) is 6.10 Å². The summed E-state index contributed by atoms with van der Waals surface area (Å²) >= 11 is 0.611. The quantitative estimate of drug-likeness (QED) is 0.466. The summed E-state index contributed by atoms with van der Waals surface area (Å²) in [6, 6.07) is 7.17. The smallest absolute Gasteiger partial charge is 0.269 e. The molecule has 0 saturated heterocycles. The summed E-state index contributed by atoms with van der Waals surface area (Å²) in [6.45, 7) is 0. The van der Waals surface area contributed by atoms with E-state index in [1.807, 2.05) is 6.07 Å². The summed E-state index contributed by atoms with van der Waals surface area (Å²) < 4.78 is 5.46. The fourth-order valence-corrected chi connectivity index (χ4v) is 2.57. The molecular weight excluding hydrogens is 238 g/mol. The van der Waals surface area contributed by atoms with Gasteiger partial charge in [-0.3, -0.25) is 10.1 Å². The average molecular weight is 253 g/mol. The van der Waals surface area contributed by atoms with Crippen LogP contribution in [0.3, 0.4) is 0 Å². The van der Waals surface area contributed by atoms with Crippen LogP contribution in [0.4, 0.5) is 0 Å². The molecular formula is C12H15NO3S. The lowest BCUT2D eigenvalue weighted by Gasteiger charge is -2.23. The number of rotatable bonds is 4. The monoisotopic (exact) mass is 253 g/mol. The van der Waals surface area contributed by atoms with E-state index in [4.69, 9.17) is 4.74 Å². The van der Waals surface area contributed by atoms with Gasteiger partial charge in [-0.15, -0.1) is 0 Å². The van der Waals surface area contributed by atoms with Gasteiger partial charge >= 0.3 is 0 Å². The van der Waals surface area contributed by atoms with Gasteiger partial charge < -0.3 is 4.74 Å². The first kappa shape index (κ1) is 12.2. The summed E-state index contributed by atoms with van der Waals surface area (Å²) in [5, 5.41) is 10.5. The summed E-state index contributed by atoms with van der Waals surface area (Å²) in [5.41, 5.74) is 0. The Labute approximate surface area is 105 Å². The van der Waals surface area contributed by atoms with Crippen LogP contribution in [0.1, 0.15) is 32.1 Å². The highest BCUT2D eigenvalue weighted by Crippen LogP contribution is 2.32. The van der Waals surface area contributed by atoms with Crippen molar-refractivity contribution >= 4 is 11.9 Å². The second kappa shape index (κ2) is 5.91. The van der Waals surface area contributed by atoms with Gasteiger partial charge in [0.2, 0.25) is 0 Å². The molecule has 0 unspecified atom stereocenters. The fourth-order valence-electron chi connectivity index (χ4n) is 2.07. The molecule has 4 nitrogen and oxygen atoms in total. The minimum absolute atomic E-state index is 0.220. The van der Waals surface area contributed by atoms with Crippen molar-refractivity contribution in [3.05, 3.63) is 34.4 Å². The van der Waals surface area contributed by atoms with Crippen molar-refractivity contribution in [3.63, 3.8) is 0 Å². The number of hydrogen-bond acceptors (Lipinski definition) is 4. The van der Waals surface area contributed by atoms with Crippen LogP contribution >= 0.6 is 11.9 Å². The van der Waals surface area contributed by atoms with Crippen molar-refractivity contribution < 1.29 is 9.07 Å². The van der Waals surface area contributed by atoms with Gasteiger partial charge in [0.15, 0.2) is 0 Å². The highest BCUT2D eigenvalue weighted by Gasteiger charge is 2.18. The Morgan fingerprint density at radius 2 is 1.94 bits per heavy atom. The lowest BCUT2D eigenvalue weighted by molar-refractivity contribution is -0.284. The van der Waals surface area contributed by atoms with E-state index >= 15 is 0 Å². The molecule has 0 aromatic heterocycles. The van der Waals surface area contributed by atoms with Crippen LogP contribution in [0.2, 0.25) is 0 Å². The Balaban J connectivity index is 2.05. The molecule has 1 fully saturated rings. The molecule has 0 radical (unpaired) electrons. The van der Waals surface area contributed by atoms with Crippen LogP contribution in [0.25, 0.3) is 0 Å². The third kappa shape index (κ3) is 3.63. The standard InChI is InChI=1S/C12H15NO3S/c14-13(15)17-12-9-5-4-8-11(12)16-10-6-2-1-3-7-10/h4-5,8-10H,1-3,6-7H2. The van der Waals surface area contributed by atoms with Crippen LogP contribution in [-0.2, 0) is 0 Å². The highest BCUT2D eigenvalue weighted by molar-refractivity contribution is 7.93. The molecule has 0 amide bonds. The molecule has 0 bridgehead atoms. The van der Waals surface area contributed by atoms with Crippen molar-refractivity contribution in [3.8, 4) is 5.75 Å². The fraction of sp³-hybridized carbons (Fsp3) is 0.500. The number of hydrogen-bond donors (Lipinski definition) is 0. The molecule has 17 heavy (non-hydrogen) atoms. The van der Waals surface area contributed by atoms with E-state index in [0.29, 0.717) is 22.6 Å². The molecule has 0 atom stereocenters. The van der Waals surface area contributed by atoms with Crippen LogP contribution in [0.5, 0.6) is 5.75 Å². The molecule has 1 aromatic carbocycles. The second-order valence-corrected chi connectivity index (χ2v) is 5.06. The minimum atomic E-state index is -0.400. The van der Waals surface area contributed by atoms with Gasteiger partial charge in [0.1, 0.15) is 15.0 Å². The number of nitrogens with zero attached hydrogens (tertiary/aromatic N) is 1. The second-order valence-electron chi connectivity index (χ2n) is 4.14. The van der Waals surface area contributed by atoms with E-state index < -0.39 is 4.33 Å². The molecule has 5 heteroatoms. The number of nitro groups is 1. The van der Waals surface area contributed by atoms with Gasteiger partial charge in [-0.25, -0.2) is 0 Å². The van der Waals surface area contributed by atoms with E-state index in [-0.39, 0.29) is 6.10 Å². The van der Waals surface area contributed by atoms with E-state index in [1.165, 1.54) is 19.3 Å². The number of para-hydroxylation sites is 1. The van der Waals surface area contributed by atoms with Crippen LogP contribution in [0.15, 0.2) is 29.2 Å². The third-order valence-corrected chi connectivity index (χ3v) is 3.55. The molecule has 0 aliphatic heterocycles. The van der Waals surface area contributed by atoms with Crippen LogP contribution in [-0.4, -0.2) is 10.4 Å². The molecule has 1 aliphatic carbocycles. The van der Waals surface area contributed by atoms with Crippen LogP contribution in [0, 0.1) is 10.1 Å². The predicted octanol–water partition coefficient (Wildman–Crippen LogP) is 3.68. The van der Waals surface area contributed by atoms with Gasteiger partial charge in [0.25, 0.3) is 11.9 Å². The van der Waals surface area contributed by atoms with E-state index in [0.717, 1.165) is 12.8 Å². The van der Waals surface area contributed by atoms with Crippen molar-refractivity contribution in [2.24, 2.45) is 0 Å². The Kier molecular flexibility index (Phi) is 4.25. The molecule has 0 N–H and O–H groups in total. The predicted molar refractivity (Wildman–Crippen MR) is 66.8 cm³/mol. The summed E-state index contributed by atoms with van der Waals surface area (Å²) in [4.78, 5) is 11.1. The third-order valence-electron chi connectivity index (χ3n) is 2.87.